The van der Waals surface area contributed by atoms with Crippen LogP contribution in [0, 0.1) is 0 Å². The second-order valence-electron chi connectivity index (χ2n) is 12.8. The number of nitrogens with zero attached hydrogens (tertiary/aromatic N) is 2. The number of fused-ring (bicyclic) bond motifs is 6. The molecule has 0 aliphatic heterocycles. The van der Waals surface area contributed by atoms with Gasteiger partial charge in [0.15, 0.2) is 11.2 Å². The maximum atomic E-state index is 6.73. The number of rotatable bonds is 6. The molecular formula is C47H30N2O2. The van der Waals surface area contributed by atoms with Gasteiger partial charge in [-0.3, -0.25) is 0 Å². The van der Waals surface area contributed by atoms with Crippen molar-refractivity contribution in [3.8, 4) is 33.7 Å². The summed E-state index contributed by atoms with van der Waals surface area (Å²) >= 11 is 0. The van der Waals surface area contributed by atoms with Gasteiger partial charge in [-0.05, 0) is 93.7 Å². The Labute approximate surface area is 294 Å². The van der Waals surface area contributed by atoms with E-state index < -0.39 is 0 Å². The second kappa shape index (κ2) is 11.9. The van der Waals surface area contributed by atoms with Gasteiger partial charge in [-0.25, -0.2) is 4.98 Å². The monoisotopic (exact) mass is 654 g/mol. The quantitative estimate of drug-likeness (QED) is 0.179. The van der Waals surface area contributed by atoms with E-state index in [1.54, 1.807) is 0 Å². The van der Waals surface area contributed by atoms with Crippen LogP contribution in [0.25, 0.3) is 77.5 Å². The molecule has 10 rings (SSSR count). The van der Waals surface area contributed by atoms with Crippen LogP contribution in [0.15, 0.2) is 191 Å². The molecule has 0 atom stereocenters. The molecule has 0 bridgehead atoms. The van der Waals surface area contributed by atoms with Crippen molar-refractivity contribution in [2.24, 2.45) is 0 Å². The molecule has 0 saturated heterocycles. The first-order valence-corrected chi connectivity index (χ1v) is 17.1. The molecule has 0 unspecified atom stereocenters. The zero-order chi connectivity index (χ0) is 33.7. The van der Waals surface area contributed by atoms with E-state index >= 15 is 0 Å². The van der Waals surface area contributed by atoms with E-state index in [2.05, 4.69) is 138 Å². The van der Waals surface area contributed by atoms with E-state index in [1.165, 1.54) is 21.9 Å². The van der Waals surface area contributed by atoms with Crippen LogP contribution in [-0.2, 0) is 0 Å². The largest absolute Gasteiger partial charge is 0.454 e. The van der Waals surface area contributed by atoms with Gasteiger partial charge < -0.3 is 13.7 Å². The van der Waals surface area contributed by atoms with E-state index in [1.807, 2.05) is 48.5 Å². The van der Waals surface area contributed by atoms with E-state index in [0.717, 1.165) is 66.8 Å². The zero-order valence-electron chi connectivity index (χ0n) is 27.5. The third-order valence-corrected chi connectivity index (χ3v) is 9.70. The van der Waals surface area contributed by atoms with Gasteiger partial charge >= 0.3 is 0 Å². The van der Waals surface area contributed by atoms with E-state index in [4.69, 9.17) is 13.8 Å². The Bertz CT molecular complexity index is 2840. The van der Waals surface area contributed by atoms with Gasteiger partial charge in [0.1, 0.15) is 11.1 Å². The average molecular weight is 655 g/mol. The van der Waals surface area contributed by atoms with Crippen LogP contribution in [-0.4, -0.2) is 4.98 Å². The zero-order valence-corrected chi connectivity index (χ0v) is 27.5. The number of hydrogen-bond acceptors (Lipinski definition) is 4. The first-order valence-electron chi connectivity index (χ1n) is 17.1. The maximum Gasteiger partial charge on any atom is 0.227 e. The number of anilines is 3. The molecule has 0 saturated carbocycles. The maximum absolute atomic E-state index is 6.73. The molecular weight excluding hydrogens is 625 g/mol. The fourth-order valence-corrected chi connectivity index (χ4v) is 7.17. The summed E-state index contributed by atoms with van der Waals surface area (Å²) in [6.07, 6.45) is 0. The van der Waals surface area contributed by atoms with Crippen LogP contribution in [0.5, 0.6) is 0 Å². The van der Waals surface area contributed by atoms with Crippen LogP contribution in [0.3, 0.4) is 0 Å². The Morgan fingerprint density at radius 2 is 1.02 bits per heavy atom. The lowest BCUT2D eigenvalue weighted by molar-refractivity contribution is 0.622. The van der Waals surface area contributed by atoms with E-state index in [0.29, 0.717) is 5.89 Å². The highest BCUT2D eigenvalue weighted by Gasteiger charge is 2.22. The van der Waals surface area contributed by atoms with Crippen molar-refractivity contribution in [2.45, 2.75) is 0 Å². The lowest BCUT2D eigenvalue weighted by Gasteiger charge is -2.26. The standard InChI is InChI=1S/C47H30N2O2/c1-3-10-31(11-4-1)33-20-24-38(25-21-33)49(39-26-22-34(23-27-39)37-19-18-32-12-7-8-15-36(32)30-37)42-17-9-16-40-44-43(50-45(40)42)29-28-41-46(44)51-47(48-41)35-13-5-2-6-14-35/h1-30H. The lowest BCUT2D eigenvalue weighted by atomic mass is 10.0. The number of para-hydroxylation sites is 1. The minimum atomic E-state index is 0.593. The number of furan rings is 1. The molecule has 4 heteroatoms. The summed E-state index contributed by atoms with van der Waals surface area (Å²) in [4.78, 5) is 7.11. The van der Waals surface area contributed by atoms with E-state index in [-0.39, 0.29) is 0 Å². The summed E-state index contributed by atoms with van der Waals surface area (Å²) in [6.45, 7) is 0. The van der Waals surface area contributed by atoms with Crippen LogP contribution in [0.1, 0.15) is 0 Å². The van der Waals surface area contributed by atoms with Crippen molar-refractivity contribution in [3.63, 3.8) is 0 Å². The molecule has 0 fully saturated rings. The van der Waals surface area contributed by atoms with Crippen LogP contribution < -0.4 is 4.90 Å². The number of aromatic nitrogens is 1. The third-order valence-electron chi connectivity index (χ3n) is 9.70. The number of benzene rings is 8. The highest BCUT2D eigenvalue weighted by molar-refractivity contribution is 6.19. The van der Waals surface area contributed by atoms with E-state index in [9.17, 15) is 0 Å². The molecule has 0 radical (unpaired) electrons. The number of oxazole rings is 1. The first-order chi connectivity index (χ1) is 25.3. The molecule has 2 aromatic heterocycles. The highest BCUT2D eigenvalue weighted by Crippen LogP contribution is 2.45. The molecule has 10 aromatic rings. The Balaban J connectivity index is 1.13. The van der Waals surface area contributed by atoms with Gasteiger partial charge in [-0.1, -0.05) is 121 Å². The van der Waals surface area contributed by atoms with Crippen molar-refractivity contribution in [1.29, 1.82) is 0 Å². The van der Waals surface area contributed by atoms with Gasteiger partial charge in [0.25, 0.3) is 0 Å². The minimum absolute atomic E-state index is 0.593. The summed E-state index contributed by atoms with van der Waals surface area (Å²) in [5.74, 6) is 0.593. The fourth-order valence-electron chi connectivity index (χ4n) is 7.17. The first kappa shape index (κ1) is 29.0. The van der Waals surface area contributed by atoms with Crippen molar-refractivity contribution in [2.75, 3.05) is 4.90 Å². The summed E-state index contributed by atoms with van der Waals surface area (Å²) in [7, 11) is 0. The smallest absolute Gasteiger partial charge is 0.227 e. The van der Waals surface area contributed by atoms with Crippen molar-refractivity contribution < 1.29 is 8.83 Å². The Hall–Kier alpha value is -6.91. The normalized spacial score (nSPS) is 11.5. The number of hydrogen-bond donors (Lipinski definition) is 0. The molecule has 240 valence electrons. The Kier molecular flexibility index (Phi) is 6.78. The summed E-state index contributed by atoms with van der Waals surface area (Å²) in [6, 6.07) is 63.4. The topological polar surface area (TPSA) is 42.4 Å². The molecule has 0 N–H and O–H groups in total. The summed E-state index contributed by atoms with van der Waals surface area (Å²) in [5, 5.41) is 4.36. The summed E-state index contributed by atoms with van der Waals surface area (Å²) < 4.78 is 13.2. The van der Waals surface area contributed by atoms with Crippen molar-refractivity contribution >= 4 is 60.9 Å². The molecule has 0 amide bonds. The van der Waals surface area contributed by atoms with Crippen molar-refractivity contribution in [3.05, 3.63) is 182 Å². The predicted octanol–water partition coefficient (Wildman–Crippen LogP) is 13.4. The van der Waals surface area contributed by atoms with Crippen LogP contribution in [0.4, 0.5) is 17.1 Å². The van der Waals surface area contributed by atoms with Gasteiger partial charge in [-0.15, -0.1) is 0 Å². The average Bonchev–Trinajstić information content (AvgIpc) is 3.82. The Morgan fingerprint density at radius 1 is 0.412 bits per heavy atom. The van der Waals surface area contributed by atoms with Gasteiger partial charge in [-0.2, -0.15) is 0 Å². The van der Waals surface area contributed by atoms with Gasteiger partial charge in [0, 0.05) is 22.3 Å². The molecule has 0 aliphatic carbocycles. The Morgan fingerprint density at radius 3 is 1.75 bits per heavy atom. The SMILES string of the molecule is c1ccc(-c2ccc(N(c3ccc(-c4ccc5ccccc5c4)cc3)c3cccc4c3oc3ccc5nc(-c6ccccc6)oc5c34)cc2)cc1. The molecule has 4 nitrogen and oxygen atoms in total. The summed E-state index contributed by atoms with van der Waals surface area (Å²) in [5.41, 5.74) is 11.7. The fraction of sp³-hybridized carbons (Fsp3) is 0. The second-order valence-corrected chi connectivity index (χ2v) is 12.8. The lowest BCUT2D eigenvalue weighted by Crippen LogP contribution is -2.10. The third kappa shape index (κ3) is 5.04. The van der Waals surface area contributed by atoms with Crippen LogP contribution in [0.2, 0.25) is 0 Å². The van der Waals surface area contributed by atoms with Crippen molar-refractivity contribution in [1.82, 2.24) is 4.98 Å². The minimum Gasteiger partial charge on any atom is -0.454 e. The molecule has 0 spiro atoms. The van der Waals surface area contributed by atoms with Crippen LogP contribution >= 0.6 is 0 Å². The highest BCUT2D eigenvalue weighted by atomic mass is 16.4. The predicted molar refractivity (Wildman–Crippen MR) is 210 cm³/mol. The molecule has 8 aromatic carbocycles. The molecule has 0 aliphatic rings. The molecule has 2 heterocycles. The molecule has 51 heavy (non-hydrogen) atoms. The van der Waals surface area contributed by atoms with Gasteiger partial charge in [0.2, 0.25) is 5.89 Å². The van der Waals surface area contributed by atoms with Gasteiger partial charge in [0.05, 0.1) is 11.1 Å².